The van der Waals surface area contributed by atoms with Crippen LogP contribution < -0.4 is 5.43 Å². The van der Waals surface area contributed by atoms with E-state index >= 15 is 0 Å². The van der Waals surface area contributed by atoms with Gasteiger partial charge in [-0.3, -0.25) is 0 Å². The van der Waals surface area contributed by atoms with E-state index in [0.29, 0.717) is 32.0 Å². The van der Waals surface area contributed by atoms with Crippen molar-refractivity contribution in [1.82, 2.24) is 5.01 Å². The van der Waals surface area contributed by atoms with E-state index in [1.165, 1.54) is 0 Å². The van der Waals surface area contributed by atoms with Crippen molar-refractivity contribution in [2.45, 2.75) is 0 Å². The van der Waals surface area contributed by atoms with Gasteiger partial charge in [-0.1, -0.05) is 0 Å². The summed E-state index contributed by atoms with van der Waals surface area (Å²) in [5.41, 5.74) is 3.63. The SMILES string of the molecule is N#Cc1ccc(NN2CCOCC2)c(F)c1Br. The molecule has 0 atom stereocenters. The molecule has 4 nitrogen and oxygen atoms in total. The minimum Gasteiger partial charge on any atom is -0.379 e. The van der Waals surface area contributed by atoms with Gasteiger partial charge in [0, 0.05) is 13.1 Å². The number of anilines is 1. The summed E-state index contributed by atoms with van der Waals surface area (Å²) in [4.78, 5) is 0. The Labute approximate surface area is 107 Å². The van der Waals surface area contributed by atoms with Crippen LogP contribution in [0.2, 0.25) is 0 Å². The molecule has 1 fully saturated rings. The lowest BCUT2D eigenvalue weighted by atomic mass is 10.2. The van der Waals surface area contributed by atoms with E-state index in [2.05, 4.69) is 21.4 Å². The highest BCUT2D eigenvalue weighted by Gasteiger charge is 2.15. The first kappa shape index (κ1) is 12.3. The predicted octanol–water partition coefficient (Wildman–Crippen LogP) is 2.12. The number of nitrogens with one attached hydrogen (secondary N) is 1. The highest BCUT2D eigenvalue weighted by Crippen LogP contribution is 2.26. The third-order valence-corrected chi connectivity index (χ3v) is 3.27. The molecule has 1 heterocycles. The van der Waals surface area contributed by atoms with Crippen LogP contribution in [-0.2, 0) is 4.74 Å². The third-order valence-electron chi connectivity index (χ3n) is 2.49. The fourth-order valence-electron chi connectivity index (χ4n) is 1.57. The number of morpholine rings is 1. The summed E-state index contributed by atoms with van der Waals surface area (Å²) in [7, 11) is 0. The van der Waals surface area contributed by atoms with Crippen molar-refractivity contribution in [3.05, 3.63) is 28.0 Å². The zero-order chi connectivity index (χ0) is 12.3. The van der Waals surface area contributed by atoms with Crippen LogP contribution in [0.15, 0.2) is 16.6 Å². The van der Waals surface area contributed by atoms with Crippen LogP contribution in [0.3, 0.4) is 0 Å². The van der Waals surface area contributed by atoms with Crippen LogP contribution in [0, 0.1) is 17.1 Å². The summed E-state index contributed by atoms with van der Waals surface area (Å²) in [5.74, 6) is -0.449. The maximum absolute atomic E-state index is 13.9. The monoisotopic (exact) mass is 299 g/mol. The van der Waals surface area contributed by atoms with Gasteiger partial charge in [-0.05, 0) is 28.1 Å². The van der Waals surface area contributed by atoms with E-state index in [0.717, 1.165) is 0 Å². The molecule has 1 aliphatic rings. The third kappa shape index (κ3) is 2.75. The number of nitriles is 1. The average Bonchev–Trinajstić information content (AvgIpc) is 2.37. The van der Waals surface area contributed by atoms with Crippen molar-refractivity contribution in [2.24, 2.45) is 0 Å². The molecule has 17 heavy (non-hydrogen) atoms. The van der Waals surface area contributed by atoms with Gasteiger partial charge in [0.05, 0.1) is 28.9 Å². The van der Waals surface area contributed by atoms with Crippen molar-refractivity contribution in [3.8, 4) is 6.07 Å². The van der Waals surface area contributed by atoms with E-state index in [9.17, 15) is 4.39 Å². The molecule has 2 rings (SSSR count). The fraction of sp³-hybridized carbons (Fsp3) is 0.364. The van der Waals surface area contributed by atoms with Gasteiger partial charge in [0.2, 0.25) is 0 Å². The van der Waals surface area contributed by atoms with E-state index in [4.69, 9.17) is 10.00 Å². The molecule has 1 aromatic rings. The Balaban J connectivity index is 2.16. The normalized spacial score (nSPS) is 16.5. The van der Waals surface area contributed by atoms with Gasteiger partial charge in [-0.25, -0.2) is 9.40 Å². The number of ether oxygens (including phenoxy) is 1. The zero-order valence-electron chi connectivity index (χ0n) is 9.04. The lowest BCUT2D eigenvalue weighted by molar-refractivity contribution is 0.0495. The Morgan fingerprint density at radius 2 is 2.12 bits per heavy atom. The topological polar surface area (TPSA) is 48.3 Å². The molecule has 1 aromatic carbocycles. The molecule has 0 amide bonds. The first-order valence-electron chi connectivity index (χ1n) is 5.20. The van der Waals surface area contributed by atoms with Crippen molar-refractivity contribution >= 4 is 21.6 Å². The van der Waals surface area contributed by atoms with Crippen LogP contribution in [-0.4, -0.2) is 31.3 Å². The molecule has 0 spiro atoms. The molecule has 1 saturated heterocycles. The van der Waals surface area contributed by atoms with Crippen LogP contribution in [0.5, 0.6) is 0 Å². The van der Waals surface area contributed by atoms with Gasteiger partial charge in [-0.15, -0.1) is 0 Å². The first-order valence-corrected chi connectivity index (χ1v) is 5.99. The Bertz CT molecular complexity index is 455. The number of halogens is 2. The molecule has 6 heteroatoms. The number of nitrogens with zero attached hydrogens (tertiary/aromatic N) is 2. The minimum atomic E-state index is -0.449. The molecular formula is C11H11BrFN3O. The summed E-state index contributed by atoms with van der Waals surface area (Å²) in [6.45, 7) is 2.67. The Morgan fingerprint density at radius 1 is 1.41 bits per heavy atom. The summed E-state index contributed by atoms with van der Waals surface area (Å²) < 4.78 is 19.3. The molecule has 0 aromatic heterocycles. The van der Waals surface area contributed by atoms with Gasteiger partial charge in [0.25, 0.3) is 0 Å². The molecule has 1 N–H and O–H groups in total. The average molecular weight is 300 g/mol. The number of benzene rings is 1. The van der Waals surface area contributed by atoms with Crippen molar-refractivity contribution in [1.29, 1.82) is 5.26 Å². The summed E-state index contributed by atoms with van der Waals surface area (Å²) in [6, 6.07) is 5.06. The highest BCUT2D eigenvalue weighted by atomic mass is 79.9. The quantitative estimate of drug-likeness (QED) is 0.909. The minimum absolute atomic E-state index is 0.193. The van der Waals surface area contributed by atoms with Crippen molar-refractivity contribution in [3.63, 3.8) is 0 Å². The summed E-state index contributed by atoms with van der Waals surface area (Å²) in [5, 5.41) is 10.7. The van der Waals surface area contributed by atoms with Gasteiger partial charge in [0.15, 0.2) is 5.82 Å². The molecule has 0 bridgehead atoms. The van der Waals surface area contributed by atoms with Gasteiger partial charge in [-0.2, -0.15) is 5.26 Å². The first-order chi connectivity index (χ1) is 8.22. The lowest BCUT2D eigenvalue weighted by Crippen LogP contribution is -2.40. The lowest BCUT2D eigenvalue weighted by Gasteiger charge is -2.28. The second-order valence-electron chi connectivity index (χ2n) is 3.61. The largest absolute Gasteiger partial charge is 0.379 e. The van der Waals surface area contributed by atoms with E-state index < -0.39 is 5.82 Å². The number of rotatable bonds is 2. The summed E-state index contributed by atoms with van der Waals surface area (Å²) in [6.07, 6.45) is 0. The molecule has 0 unspecified atom stereocenters. The molecule has 90 valence electrons. The van der Waals surface area contributed by atoms with Crippen LogP contribution >= 0.6 is 15.9 Å². The van der Waals surface area contributed by atoms with Crippen molar-refractivity contribution in [2.75, 3.05) is 31.7 Å². The molecule has 0 radical (unpaired) electrons. The standard InChI is InChI=1S/C11H11BrFN3O/c12-10-8(7-14)1-2-9(11(10)13)15-16-3-5-17-6-4-16/h1-2,15H,3-6H2. The number of hydrogen-bond donors (Lipinski definition) is 1. The molecular weight excluding hydrogens is 289 g/mol. The van der Waals surface area contributed by atoms with Crippen LogP contribution in [0.1, 0.15) is 5.56 Å². The highest BCUT2D eigenvalue weighted by molar-refractivity contribution is 9.10. The van der Waals surface area contributed by atoms with E-state index in [-0.39, 0.29) is 10.0 Å². The maximum atomic E-state index is 13.9. The van der Waals surface area contributed by atoms with Crippen molar-refractivity contribution < 1.29 is 9.13 Å². The van der Waals surface area contributed by atoms with Gasteiger partial charge < -0.3 is 10.2 Å². The van der Waals surface area contributed by atoms with Crippen LogP contribution in [0.4, 0.5) is 10.1 Å². The van der Waals surface area contributed by atoms with Gasteiger partial charge >= 0.3 is 0 Å². The predicted molar refractivity (Wildman–Crippen MR) is 64.8 cm³/mol. The fourth-order valence-corrected chi connectivity index (χ4v) is 2.00. The van der Waals surface area contributed by atoms with E-state index in [1.54, 1.807) is 12.1 Å². The smallest absolute Gasteiger partial charge is 0.163 e. The maximum Gasteiger partial charge on any atom is 0.163 e. The zero-order valence-corrected chi connectivity index (χ0v) is 10.6. The van der Waals surface area contributed by atoms with E-state index in [1.807, 2.05) is 11.1 Å². The number of hydrogen-bond acceptors (Lipinski definition) is 4. The second kappa shape index (κ2) is 5.45. The Kier molecular flexibility index (Phi) is 3.94. The Hall–Kier alpha value is -1.16. The summed E-state index contributed by atoms with van der Waals surface area (Å²) >= 11 is 3.08. The van der Waals surface area contributed by atoms with Gasteiger partial charge in [0.1, 0.15) is 6.07 Å². The molecule has 0 saturated carbocycles. The number of hydrazine groups is 1. The molecule has 0 aliphatic carbocycles. The molecule has 1 aliphatic heterocycles. The van der Waals surface area contributed by atoms with Crippen LogP contribution in [0.25, 0.3) is 0 Å². The second-order valence-corrected chi connectivity index (χ2v) is 4.40. The Morgan fingerprint density at radius 3 is 2.76 bits per heavy atom.